The maximum Gasteiger partial charge on any atom is 0.252 e. The molecular weight excluding hydrogens is 425 g/mol. The Morgan fingerprint density at radius 1 is 1.27 bits per heavy atom. The van der Waals surface area contributed by atoms with Crippen LogP contribution in [0.25, 0.3) is 10.9 Å². The summed E-state index contributed by atoms with van der Waals surface area (Å²) in [5, 5.41) is 8.08. The molecule has 1 aromatic heterocycles. The van der Waals surface area contributed by atoms with E-state index in [4.69, 9.17) is 33.7 Å². The van der Waals surface area contributed by atoms with Gasteiger partial charge in [0.05, 0.1) is 45.3 Å². The molecular formula is C21H21Cl2N5O2. The van der Waals surface area contributed by atoms with Crippen molar-refractivity contribution in [1.29, 1.82) is 0 Å². The highest BCUT2D eigenvalue weighted by Crippen LogP contribution is 2.39. The molecule has 0 aliphatic carbocycles. The lowest BCUT2D eigenvalue weighted by Crippen LogP contribution is -2.43. The van der Waals surface area contributed by atoms with Crippen LogP contribution in [0.3, 0.4) is 0 Å². The molecule has 0 saturated carbocycles. The second-order valence-electron chi connectivity index (χ2n) is 6.92. The number of amides is 1. The van der Waals surface area contributed by atoms with E-state index in [1.807, 2.05) is 12.1 Å². The highest BCUT2D eigenvalue weighted by Gasteiger charge is 2.21. The van der Waals surface area contributed by atoms with Crippen LogP contribution in [0, 0.1) is 0 Å². The van der Waals surface area contributed by atoms with E-state index in [9.17, 15) is 4.79 Å². The minimum Gasteiger partial charge on any atom is -0.495 e. The van der Waals surface area contributed by atoms with Crippen molar-refractivity contribution in [2.24, 2.45) is 5.73 Å². The molecule has 7 nitrogen and oxygen atoms in total. The minimum atomic E-state index is -0.593. The fraction of sp³-hybridized carbons (Fsp3) is 0.238. The van der Waals surface area contributed by atoms with E-state index in [2.05, 4.69) is 20.5 Å². The molecule has 4 rings (SSSR count). The Morgan fingerprint density at radius 3 is 2.73 bits per heavy atom. The van der Waals surface area contributed by atoms with Crippen molar-refractivity contribution >= 4 is 57.1 Å². The molecule has 2 heterocycles. The summed E-state index contributed by atoms with van der Waals surface area (Å²) in [5.74, 6) is 0.125. The molecule has 0 radical (unpaired) electrons. The van der Waals surface area contributed by atoms with Gasteiger partial charge in [0.15, 0.2) is 0 Å². The molecule has 1 saturated heterocycles. The highest BCUT2D eigenvalue weighted by molar-refractivity contribution is 6.43. The van der Waals surface area contributed by atoms with E-state index in [0.717, 1.165) is 43.0 Å². The number of fused-ring (bicyclic) bond motifs is 1. The standard InChI is InChI=1S/C21H21Cl2N5O2/c1-30-18-10-16-12(9-17(18)28-7-5-25-6-8-28)20(13(11-26-16)21(24)29)27-15-4-2-3-14(22)19(15)23/h2-4,9-11,25H,5-8H2,1H3,(H2,24,29)(H,26,27). The van der Waals surface area contributed by atoms with Gasteiger partial charge in [0.2, 0.25) is 0 Å². The lowest BCUT2D eigenvalue weighted by molar-refractivity contribution is 0.100. The smallest absolute Gasteiger partial charge is 0.252 e. The summed E-state index contributed by atoms with van der Waals surface area (Å²) in [6, 6.07) is 9.09. The van der Waals surface area contributed by atoms with Crippen LogP contribution in [0.15, 0.2) is 36.5 Å². The molecule has 0 atom stereocenters. The first-order valence-corrected chi connectivity index (χ1v) is 10.2. The number of methoxy groups -OCH3 is 1. The number of pyridine rings is 1. The maximum atomic E-state index is 12.2. The van der Waals surface area contributed by atoms with Gasteiger partial charge in [-0.3, -0.25) is 9.78 Å². The number of piperazine rings is 1. The van der Waals surface area contributed by atoms with Crippen molar-refractivity contribution in [2.75, 3.05) is 43.5 Å². The molecule has 9 heteroatoms. The molecule has 1 fully saturated rings. The van der Waals surface area contributed by atoms with Crippen LogP contribution in [0.5, 0.6) is 5.75 Å². The van der Waals surface area contributed by atoms with Gasteiger partial charge in [0.1, 0.15) is 5.75 Å². The largest absolute Gasteiger partial charge is 0.495 e. The molecule has 0 spiro atoms. The predicted molar refractivity (Wildman–Crippen MR) is 122 cm³/mol. The highest BCUT2D eigenvalue weighted by atomic mass is 35.5. The van der Waals surface area contributed by atoms with Crippen molar-refractivity contribution in [2.45, 2.75) is 0 Å². The fourth-order valence-corrected chi connectivity index (χ4v) is 3.93. The van der Waals surface area contributed by atoms with Crippen LogP contribution in [0.4, 0.5) is 17.1 Å². The van der Waals surface area contributed by atoms with E-state index in [-0.39, 0.29) is 5.56 Å². The summed E-state index contributed by atoms with van der Waals surface area (Å²) in [5.41, 5.74) is 8.58. The summed E-state index contributed by atoms with van der Waals surface area (Å²) in [7, 11) is 1.63. The summed E-state index contributed by atoms with van der Waals surface area (Å²) >= 11 is 12.5. The number of halogens is 2. The second-order valence-corrected chi connectivity index (χ2v) is 7.70. The maximum absolute atomic E-state index is 12.2. The van der Waals surface area contributed by atoms with E-state index >= 15 is 0 Å². The zero-order chi connectivity index (χ0) is 21.3. The van der Waals surface area contributed by atoms with E-state index in [1.165, 1.54) is 6.20 Å². The summed E-state index contributed by atoms with van der Waals surface area (Å²) in [6.45, 7) is 3.44. The zero-order valence-corrected chi connectivity index (χ0v) is 17.8. The zero-order valence-electron chi connectivity index (χ0n) is 16.3. The molecule has 156 valence electrons. The quantitative estimate of drug-likeness (QED) is 0.552. The second kappa shape index (κ2) is 8.55. The normalized spacial score (nSPS) is 14.0. The first kappa shape index (κ1) is 20.5. The molecule has 30 heavy (non-hydrogen) atoms. The average Bonchev–Trinajstić information content (AvgIpc) is 2.76. The third-order valence-electron chi connectivity index (χ3n) is 5.10. The van der Waals surface area contributed by atoms with Crippen LogP contribution >= 0.6 is 23.2 Å². The lowest BCUT2D eigenvalue weighted by atomic mass is 10.1. The van der Waals surface area contributed by atoms with Crippen molar-refractivity contribution in [3.05, 3.63) is 52.1 Å². The predicted octanol–water partition coefficient (Wildman–Crippen LogP) is 3.80. The SMILES string of the molecule is COc1cc2ncc(C(N)=O)c(Nc3cccc(Cl)c3Cl)c2cc1N1CCNCC1. The monoisotopic (exact) mass is 445 g/mol. The van der Waals surface area contributed by atoms with Gasteiger partial charge >= 0.3 is 0 Å². The Kier molecular flexibility index (Phi) is 5.85. The molecule has 1 aliphatic rings. The molecule has 4 N–H and O–H groups in total. The molecule has 0 bridgehead atoms. The van der Waals surface area contributed by atoms with Gasteiger partial charge < -0.3 is 26.0 Å². The number of anilines is 3. The van der Waals surface area contributed by atoms with Crippen molar-refractivity contribution in [3.8, 4) is 5.75 Å². The van der Waals surface area contributed by atoms with Gasteiger partial charge in [-0.25, -0.2) is 0 Å². The Bertz CT molecular complexity index is 1120. The summed E-state index contributed by atoms with van der Waals surface area (Å²) < 4.78 is 5.62. The number of hydrogen-bond acceptors (Lipinski definition) is 6. The molecule has 1 amide bonds. The number of primary amides is 1. The van der Waals surface area contributed by atoms with Crippen molar-refractivity contribution < 1.29 is 9.53 Å². The number of nitrogens with one attached hydrogen (secondary N) is 2. The number of ether oxygens (including phenoxy) is 1. The van der Waals surface area contributed by atoms with Gasteiger partial charge in [0, 0.05) is 43.8 Å². The lowest BCUT2D eigenvalue weighted by Gasteiger charge is -2.31. The van der Waals surface area contributed by atoms with Crippen LogP contribution in [-0.4, -0.2) is 44.2 Å². The first-order valence-electron chi connectivity index (χ1n) is 9.47. The van der Waals surface area contributed by atoms with E-state index in [1.54, 1.807) is 25.3 Å². The van der Waals surface area contributed by atoms with Gasteiger partial charge in [0.25, 0.3) is 5.91 Å². The van der Waals surface area contributed by atoms with Gasteiger partial charge in [-0.05, 0) is 18.2 Å². The van der Waals surface area contributed by atoms with Crippen LogP contribution in [0.1, 0.15) is 10.4 Å². The summed E-state index contributed by atoms with van der Waals surface area (Å²) in [4.78, 5) is 18.8. The third kappa shape index (κ3) is 3.84. The number of rotatable bonds is 5. The number of carbonyl (C=O) groups is 1. The fourth-order valence-electron chi connectivity index (χ4n) is 3.58. The molecule has 1 aliphatic heterocycles. The van der Waals surface area contributed by atoms with E-state index in [0.29, 0.717) is 26.9 Å². The number of nitrogens with two attached hydrogens (primary N) is 1. The third-order valence-corrected chi connectivity index (χ3v) is 5.92. The van der Waals surface area contributed by atoms with Crippen LogP contribution in [0.2, 0.25) is 10.0 Å². The van der Waals surface area contributed by atoms with Gasteiger partial charge in [-0.1, -0.05) is 29.3 Å². The number of carbonyl (C=O) groups excluding carboxylic acids is 1. The number of benzene rings is 2. The van der Waals surface area contributed by atoms with E-state index < -0.39 is 5.91 Å². The van der Waals surface area contributed by atoms with Crippen molar-refractivity contribution in [3.63, 3.8) is 0 Å². The number of nitrogens with zero attached hydrogens (tertiary/aromatic N) is 2. The molecule has 3 aromatic rings. The first-order chi connectivity index (χ1) is 14.5. The van der Waals surface area contributed by atoms with Crippen LogP contribution < -0.4 is 26.0 Å². The van der Waals surface area contributed by atoms with Crippen molar-refractivity contribution in [1.82, 2.24) is 10.3 Å². The molecule has 0 unspecified atom stereocenters. The molecule has 2 aromatic carbocycles. The van der Waals surface area contributed by atoms with Crippen LogP contribution in [-0.2, 0) is 0 Å². The Balaban J connectivity index is 1.92. The Hall–Kier alpha value is -2.74. The van der Waals surface area contributed by atoms with Gasteiger partial charge in [-0.15, -0.1) is 0 Å². The minimum absolute atomic E-state index is 0.259. The number of aromatic nitrogens is 1. The van der Waals surface area contributed by atoms with Gasteiger partial charge in [-0.2, -0.15) is 0 Å². The Labute approximate surface area is 184 Å². The number of hydrogen-bond donors (Lipinski definition) is 3. The topological polar surface area (TPSA) is 92.5 Å². The Morgan fingerprint density at radius 2 is 2.03 bits per heavy atom. The summed E-state index contributed by atoms with van der Waals surface area (Å²) in [6.07, 6.45) is 1.45. The average molecular weight is 446 g/mol.